The molecule has 0 aromatic carbocycles. The summed E-state index contributed by atoms with van der Waals surface area (Å²) in [5.41, 5.74) is 0. The average molecular weight is 479 g/mol. The fraction of sp³-hybridized carbons (Fsp3) is 0.727. The molecule has 3 aliphatic heterocycles. The molecule has 2 aromatic heterocycles. The standard InChI is InChI=1S/C22H35N6O4P/c1-13(2)9-18-23-17(12-27(18)11-15(5)6)25-26-20-21-28(19(24-20)10-14(3)4)22(16(7)8)31-33(29,30-21)32-22/h12-16H,9-11H2,1-8H3/b26-25+. The van der Waals surface area contributed by atoms with E-state index in [0.717, 1.165) is 18.8 Å². The SMILES string of the molecule is CC(C)Cc1nc(/N=N/c2nc(CC(C)C)n3c2OP2(=O)OC3(C(C)C)O2)cn1CC(C)C. The van der Waals surface area contributed by atoms with E-state index in [1.165, 1.54) is 0 Å². The number of nitrogens with zero attached hydrogens (tertiary/aromatic N) is 6. The summed E-state index contributed by atoms with van der Waals surface area (Å²) < 4.78 is 33.5. The van der Waals surface area contributed by atoms with Crippen molar-refractivity contribution in [2.75, 3.05) is 0 Å². The predicted octanol–water partition coefficient (Wildman–Crippen LogP) is 6.36. The molecule has 0 saturated carbocycles. The first-order valence-corrected chi connectivity index (χ1v) is 13.2. The molecule has 11 heteroatoms. The highest BCUT2D eigenvalue weighted by Crippen LogP contribution is 2.73. The fourth-order valence-corrected chi connectivity index (χ4v) is 5.78. The molecule has 0 unspecified atom stereocenters. The summed E-state index contributed by atoms with van der Waals surface area (Å²) in [6, 6.07) is 0. The molecule has 0 atom stereocenters. The number of hydrogen-bond acceptors (Lipinski definition) is 8. The molecule has 5 heterocycles. The number of hydrogen-bond donors (Lipinski definition) is 0. The van der Waals surface area contributed by atoms with Crippen molar-refractivity contribution < 1.29 is 18.1 Å². The van der Waals surface area contributed by atoms with Crippen LogP contribution in [0.3, 0.4) is 0 Å². The van der Waals surface area contributed by atoms with Crippen LogP contribution < -0.4 is 4.52 Å². The maximum Gasteiger partial charge on any atom is 0.539 e. The van der Waals surface area contributed by atoms with Crippen LogP contribution in [-0.2, 0) is 38.9 Å². The van der Waals surface area contributed by atoms with Crippen LogP contribution in [0, 0.1) is 23.7 Å². The van der Waals surface area contributed by atoms with E-state index in [-0.39, 0.29) is 17.6 Å². The summed E-state index contributed by atoms with van der Waals surface area (Å²) in [7, 11) is -3.66. The van der Waals surface area contributed by atoms with Gasteiger partial charge in [0.1, 0.15) is 11.6 Å². The van der Waals surface area contributed by atoms with Gasteiger partial charge in [0.15, 0.2) is 5.82 Å². The molecule has 1 fully saturated rings. The lowest BCUT2D eigenvalue weighted by Gasteiger charge is -2.51. The molecule has 33 heavy (non-hydrogen) atoms. The molecule has 3 aliphatic rings. The van der Waals surface area contributed by atoms with E-state index in [2.05, 4.69) is 66.3 Å². The Hall–Kier alpha value is -2.03. The van der Waals surface area contributed by atoms with Crippen LogP contribution in [0.15, 0.2) is 16.4 Å². The Morgan fingerprint density at radius 3 is 2.15 bits per heavy atom. The second kappa shape index (κ2) is 8.64. The summed E-state index contributed by atoms with van der Waals surface area (Å²) in [6.07, 6.45) is 3.43. The van der Waals surface area contributed by atoms with Crippen LogP contribution in [0.25, 0.3) is 0 Å². The van der Waals surface area contributed by atoms with Crippen LogP contribution >= 0.6 is 7.82 Å². The molecule has 0 radical (unpaired) electrons. The van der Waals surface area contributed by atoms with E-state index < -0.39 is 13.7 Å². The van der Waals surface area contributed by atoms with Crippen LogP contribution in [0.4, 0.5) is 11.6 Å². The molecule has 0 aliphatic carbocycles. The first-order valence-electron chi connectivity index (χ1n) is 11.7. The second-order valence-electron chi connectivity index (χ2n) is 10.5. The van der Waals surface area contributed by atoms with E-state index in [4.69, 9.17) is 13.6 Å². The summed E-state index contributed by atoms with van der Waals surface area (Å²) in [5.74, 6) is 2.70. The van der Waals surface area contributed by atoms with Gasteiger partial charge in [-0.2, -0.15) is 0 Å². The molecule has 182 valence electrons. The molecular formula is C22H35N6O4P. The highest BCUT2D eigenvalue weighted by Gasteiger charge is 2.68. The van der Waals surface area contributed by atoms with E-state index in [1.54, 1.807) is 4.57 Å². The molecule has 2 aromatic rings. The van der Waals surface area contributed by atoms with E-state index >= 15 is 0 Å². The molecule has 5 rings (SSSR count). The van der Waals surface area contributed by atoms with Crippen molar-refractivity contribution in [3.8, 4) is 5.88 Å². The molecule has 2 bridgehead atoms. The third-order valence-corrected chi connectivity index (χ3v) is 6.82. The smallest absolute Gasteiger partial charge is 0.383 e. The third kappa shape index (κ3) is 4.53. The summed E-state index contributed by atoms with van der Waals surface area (Å²) in [6.45, 7) is 17.6. The monoisotopic (exact) mass is 478 g/mol. The molecular weight excluding hydrogens is 443 g/mol. The van der Waals surface area contributed by atoms with Crippen LogP contribution in [0.1, 0.15) is 67.0 Å². The van der Waals surface area contributed by atoms with Gasteiger partial charge in [0.05, 0.1) is 6.20 Å². The summed E-state index contributed by atoms with van der Waals surface area (Å²) >= 11 is 0. The third-order valence-electron chi connectivity index (χ3n) is 5.45. The summed E-state index contributed by atoms with van der Waals surface area (Å²) in [4.78, 5) is 9.36. The van der Waals surface area contributed by atoms with Gasteiger partial charge in [-0.25, -0.2) is 28.1 Å². The van der Waals surface area contributed by atoms with Crippen molar-refractivity contribution in [3.63, 3.8) is 0 Å². The minimum Gasteiger partial charge on any atom is -0.383 e. The van der Waals surface area contributed by atoms with Gasteiger partial charge in [0.2, 0.25) is 5.82 Å². The number of aromatic nitrogens is 4. The number of azo groups is 1. The maximum absolute atomic E-state index is 12.7. The highest BCUT2D eigenvalue weighted by molar-refractivity contribution is 7.50. The Morgan fingerprint density at radius 1 is 0.939 bits per heavy atom. The van der Waals surface area contributed by atoms with Gasteiger partial charge in [0, 0.05) is 25.3 Å². The van der Waals surface area contributed by atoms with Gasteiger partial charge in [-0.3, -0.25) is 0 Å². The topological polar surface area (TPSA) is 105 Å². The second-order valence-corrected chi connectivity index (χ2v) is 11.9. The van der Waals surface area contributed by atoms with Crippen molar-refractivity contribution in [2.24, 2.45) is 33.9 Å². The molecule has 10 nitrogen and oxygen atoms in total. The lowest BCUT2D eigenvalue weighted by atomic mass is 10.1. The zero-order chi connectivity index (χ0) is 24.1. The van der Waals surface area contributed by atoms with Gasteiger partial charge in [0.25, 0.3) is 11.8 Å². The van der Waals surface area contributed by atoms with Gasteiger partial charge < -0.3 is 9.09 Å². The molecule has 0 spiro atoms. The molecule has 0 N–H and O–H groups in total. The van der Waals surface area contributed by atoms with Gasteiger partial charge >= 0.3 is 7.82 Å². The van der Waals surface area contributed by atoms with Gasteiger partial charge in [-0.15, -0.1) is 10.2 Å². The number of phosphoric ester groups is 1. The largest absolute Gasteiger partial charge is 0.539 e. The number of rotatable bonds is 9. The van der Waals surface area contributed by atoms with Crippen molar-refractivity contribution in [2.45, 2.75) is 80.7 Å². The Labute approximate surface area is 195 Å². The Bertz CT molecular complexity index is 1060. The molecule has 0 amide bonds. The molecule has 1 saturated heterocycles. The average Bonchev–Trinajstić information content (AvgIpc) is 3.18. The van der Waals surface area contributed by atoms with Crippen molar-refractivity contribution >= 4 is 19.5 Å². The minimum atomic E-state index is -3.66. The van der Waals surface area contributed by atoms with E-state index in [0.29, 0.717) is 35.8 Å². The summed E-state index contributed by atoms with van der Waals surface area (Å²) in [5, 5.41) is 8.74. The lowest BCUT2D eigenvalue weighted by Crippen LogP contribution is -2.54. The zero-order valence-electron chi connectivity index (χ0n) is 20.8. The lowest BCUT2D eigenvalue weighted by molar-refractivity contribution is -0.315. The van der Waals surface area contributed by atoms with E-state index in [1.807, 2.05) is 20.0 Å². The van der Waals surface area contributed by atoms with Gasteiger partial charge in [-0.05, 0) is 17.8 Å². The van der Waals surface area contributed by atoms with Crippen LogP contribution in [0.2, 0.25) is 0 Å². The maximum atomic E-state index is 12.7. The highest BCUT2D eigenvalue weighted by atomic mass is 31.2. The Morgan fingerprint density at radius 2 is 1.58 bits per heavy atom. The normalized spacial score (nSPS) is 24.2. The first kappa shape index (κ1) is 24.1. The van der Waals surface area contributed by atoms with Crippen LogP contribution in [-0.4, -0.2) is 19.1 Å². The van der Waals surface area contributed by atoms with Crippen molar-refractivity contribution in [3.05, 3.63) is 17.8 Å². The quantitative estimate of drug-likeness (QED) is 0.307. The van der Waals surface area contributed by atoms with Crippen LogP contribution in [0.5, 0.6) is 5.88 Å². The van der Waals surface area contributed by atoms with Gasteiger partial charge in [-0.1, -0.05) is 55.4 Å². The predicted molar refractivity (Wildman–Crippen MR) is 124 cm³/mol. The number of imidazole rings is 2. The zero-order valence-corrected chi connectivity index (χ0v) is 21.7. The fourth-order valence-electron chi connectivity index (χ4n) is 4.09. The van der Waals surface area contributed by atoms with Crippen molar-refractivity contribution in [1.29, 1.82) is 0 Å². The Kier molecular flexibility index (Phi) is 6.31. The van der Waals surface area contributed by atoms with Crippen molar-refractivity contribution in [1.82, 2.24) is 19.1 Å². The minimum absolute atomic E-state index is 0.113. The van der Waals surface area contributed by atoms with E-state index in [9.17, 15) is 4.57 Å². The Balaban J connectivity index is 1.72. The first-order chi connectivity index (χ1) is 15.4. The number of phosphoric acid groups is 1.